The highest BCUT2D eigenvalue weighted by atomic mass is 32.1. The Morgan fingerprint density at radius 3 is 2.65 bits per heavy atom. The number of carbonyl (C=O) groups is 3. The van der Waals surface area contributed by atoms with Gasteiger partial charge in [0.15, 0.2) is 0 Å². The number of hydrogen-bond acceptors (Lipinski definition) is 10. The van der Waals surface area contributed by atoms with Gasteiger partial charge in [-0.3, -0.25) is 9.59 Å². The Kier molecular flexibility index (Phi) is 11.2. The van der Waals surface area contributed by atoms with E-state index in [-0.39, 0.29) is 51.1 Å². The molecule has 1 aliphatic heterocycles. The summed E-state index contributed by atoms with van der Waals surface area (Å²) in [5, 5.41) is 13.1. The van der Waals surface area contributed by atoms with Crippen LogP contribution in [0.25, 0.3) is 10.4 Å². The van der Waals surface area contributed by atoms with Crippen LogP contribution in [-0.2, 0) is 41.7 Å². The third-order valence-electron chi connectivity index (χ3n) is 6.77. The first kappa shape index (κ1) is 31.6. The van der Waals surface area contributed by atoms with Crippen molar-refractivity contribution in [3.05, 3.63) is 40.5 Å². The van der Waals surface area contributed by atoms with E-state index >= 15 is 0 Å². The molecule has 2 amide bonds. The fraction of sp³-hybridized carbons (Fsp3) is 0.571. The lowest BCUT2D eigenvalue weighted by Gasteiger charge is -2.32. The van der Waals surface area contributed by atoms with E-state index in [1.807, 2.05) is 45.9 Å². The number of hydrogen-bond donors (Lipinski definition) is 3. The molecule has 12 heteroatoms. The Labute approximate surface area is 239 Å². The van der Waals surface area contributed by atoms with Crippen LogP contribution in [0.5, 0.6) is 0 Å². The average molecular weight is 577 g/mol. The molecule has 2 heterocycles. The van der Waals surface area contributed by atoms with Gasteiger partial charge in [0.05, 0.1) is 41.4 Å². The van der Waals surface area contributed by atoms with E-state index in [4.69, 9.17) is 19.9 Å². The second-order valence-corrected chi connectivity index (χ2v) is 11.8. The second-order valence-electron chi connectivity index (χ2n) is 10.9. The number of carbonyl (C=O) groups excluding carboxylic acids is 3. The maximum Gasteiger partial charge on any atom is 0.332 e. The first-order chi connectivity index (χ1) is 18.9. The predicted octanol–water partition coefficient (Wildman–Crippen LogP) is 1.78. The van der Waals surface area contributed by atoms with E-state index < -0.39 is 29.6 Å². The highest BCUT2D eigenvalue weighted by Gasteiger charge is 2.42. The number of benzene rings is 1. The van der Waals surface area contributed by atoms with Gasteiger partial charge in [-0.2, -0.15) is 0 Å². The summed E-state index contributed by atoms with van der Waals surface area (Å²) in [6.45, 7) is 8.11. The van der Waals surface area contributed by atoms with Gasteiger partial charge in [-0.25, -0.2) is 9.78 Å². The maximum absolute atomic E-state index is 13.2. The van der Waals surface area contributed by atoms with Crippen LogP contribution >= 0.6 is 11.3 Å². The van der Waals surface area contributed by atoms with Crippen molar-refractivity contribution in [2.45, 2.75) is 65.5 Å². The lowest BCUT2D eigenvalue weighted by molar-refractivity contribution is -0.150. The normalized spacial score (nSPS) is 18.0. The summed E-state index contributed by atoms with van der Waals surface area (Å²) in [4.78, 5) is 45.2. The molecule has 0 aliphatic carbocycles. The number of β-amino-alcohol motifs (C(OH)–C–C–N with tert-alkyl or cyclic N) is 1. The first-order valence-electron chi connectivity index (χ1n) is 13.2. The van der Waals surface area contributed by atoms with Crippen LogP contribution in [0.15, 0.2) is 23.7 Å². The number of nitrogens with zero attached hydrogens (tertiary/aromatic N) is 2. The lowest BCUT2D eigenvalue weighted by atomic mass is 9.86. The minimum absolute atomic E-state index is 0.0173. The first-order valence-corrected chi connectivity index (χ1v) is 14.1. The van der Waals surface area contributed by atoms with E-state index in [2.05, 4.69) is 10.3 Å². The molecule has 1 fully saturated rings. The molecule has 1 aromatic carbocycles. The summed E-state index contributed by atoms with van der Waals surface area (Å²) in [5.74, 6) is -1.27. The van der Waals surface area contributed by atoms with Crippen LogP contribution in [0, 0.1) is 12.3 Å². The highest BCUT2D eigenvalue weighted by Crippen LogP contribution is 2.30. The van der Waals surface area contributed by atoms with E-state index in [9.17, 15) is 19.5 Å². The molecule has 1 saturated heterocycles. The Balaban J connectivity index is 1.73. The zero-order valence-electron chi connectivity index (χ0n) is 23.8. The Morgan fingerprint density at radius 2 is 2.00 bits per heavy atom. The molecule has 1 aliphatic rings. The number of nitrogens with one attached hydrogen (secondary N) is 1. The van der Waals surface area contributed by atoms with Gasteiger partial charge < -0.3 is 35.3 Å². The summed E-state index contributed by atoms with van der Waals surface area (Å²) in [6, 6.07) is 4.07. The van der Waals surface area contributed by atoms with E-state index in [0.29, 0.717) is 12.2 Å². The van der Waals surface area contributed by atoms with Gasteiger partial charge in [0.2, 0.25) is 11.8 Å². The molecule has 0 bridgehead atoms. The van der Waals surface area contributed by atoms with Crippen LogP contribution in [-0.4, -0.2) is 84.4 Å². The van der Waals surface area contributed by atoms with Crippen molar-refractivity contribution in [3.8, 4) is 10.4 Å². The van der Waals surface area contributed by atoms with Gasteiger partial charge in [0, 0.05) is 26.6 Å². The van der Waals surface area contributed by atoms with Crippen LogP contribution in [0.2, 0.25) is 0 Å². The van der Waals surface area contributed by atoms with Gasteiger partial charge in [0.25, 0.3) is 0 Å². The predicted molar refractivity (Wildman–Crippen MR) is 150 cm³/mol. The lowest BCUT2D eigenvalue weighted by Crippen LogP contribution is -2.54. The number of aromatic nitrogens is 1. The Bertz CT molecular complexity index is 1180. The smallest absolute Gasteiger partial charge is 0.332 e. The Hall–Kier alpha value is -2.90. The molecule has 4 N–H and O–H groups in total. The number of rotatable bonds is 12. The number of ether oxygens (including phenoxy) is 3. The second kappa shape index (κ2) is 14.1. The molecule has 3 atom stereocenters. The highest BCUT2D eigenvalue weighted by molar-refractivity contribution is 7.13. The minimum Gasteiger partial charge on any atom is -0.459 e. The van der Waals surface area contributed by atoms with Crippen LogP contribution in [0.1, 0.15) is 44.0 Å². The summed E-state index contributed by atoms with van der Waals surface area (Å²) in [5.41, 5.74) is 10.7. The van der Waals surface area contributed by atoms with Crippen molar-refractivity contribution in [3.63, 3.8) is 0 Å². The third-order valence-corrected chi connectivity index (χ3v) is 7.75. The number of likely N-dealkylation sites (tertiary alicyclic amines) is 1. The fourth-order valence-corrected chi connectivity index (χ4v) is 5.11. The molecule has 0 saturated carbocycles. The molecule has 11 nitrogen and oxygen atoms in total. The van der Waals surface area contributed by atoms with Gasteiger partial charge in [-0.15, -0.1) is 11.3 Å². The number of nitrogens with two attached hydrogens (primary N) is 1. The number of methoxy groups -OCH3 is 1. The van der Waals surface area contributed by atoms with Crippen molar-refractivity contribution in [2.24, 2.45) is 11.1 Å². The van der Waals surface area contributed by atoms with E-state index in [1.165, 1.54) is 16.2 Å². The molecule has 1 aromatic heterocycles. The maximum atomic E-state index is 13.2. The molecule has 220 valence electrons. The Morgan fingerprint density at radius 1 is 1.25 bits per heavy atom. The quantitative estimate of drug-likeness (QED) is 0.253. The molecule has 40 heavy (non-hydrogen) atoms. The van der Waals surface area contributed by atoms with Crippen LogP contribution in [0.4, 0.5) is 0 Å². The monoisotopic (exact) mass is 576 g/mol. The van der Waals surface area contributed by atoms with Gasteiger partial charge in [0.1, 0.15) is 19.3 Å². The fourth-order valence-electron chi connectivity index (χ4n) is 4.31. The van der Waals surface area contributed by atoms with Gasteiger partial charge in [-0.05, 0) is 35.1 Å². The standard InChI is InChI=1S/C28H40N4O7S/c1-17-24(40-16-31-17)18-6-7-19(20(10-18)14-39-23(34)15-38-9-8-37-5)12-30-26(35)22-11-21(33)13-32(22)27(36)25(29)28(2,3)4/h6-7,10,16,21-22,25,33H,8-9,11-15,29H2,1-5H3,(H,30,35)/t21-,22+,25-/m1/s1. The van der Waals surface area contributed by atoms with Gasteiger partial charge >= 0.3 is 5.97 Å². The SMILES string of the molecule is COCCOCC(=O)OCc1cc(-c2scnc2C)ccc1CNC(=O)[C@@H]1C[C@@H](O)CN1C(=O)[C@@H](N)C(C)(C)C. The van der Waals surface area contributed by atoms with Crippen molar-refractivity contribution in [1.29, 1.82) is 0 Å². The zero-order valence-corrected chi connectivity index (χ0v) is 24.6. The average Bonchev–Trinajstić information content (AvgIpc) is 3.52. The largest absolute Gasteiger partial charge is 0.459 e. The molecule has 0 spiro atoms. The molecule has 2 aromatic rings. The molecular formula is C28H40N4O7S. The van der Waals surface area contributed by atoms with Crippen molar-refractivity contribution < 1.29 is 33.7 Å². The number of aliphatic hydroxyl groups excluding tert-OH is 1. The minimum atomic E-state index is -0.833. The number of thiazole rings is 1. The third kappa shape index (κ3) is 8.31. The van der Waals surface area contributed by atoms with Gasteiger partial charge in [-0.1, -0.05) is 32.9 Å². The summed E-state index contributed by atoms with van der Waals surface area (Å²) >= 11 is 1.51. The van der Waals surface area contributed by atoms with Crippen molar-refractivity contribution in [1.82, 2.24) is 15.2 Å². The molecular weight excluding hydrogens is 536 g/mol. The summed E-state index contributed by atoms with van der Waals surface area (Å²) in [7, 11) is 1.55. The summed E-state index contributed by atoms with van der Waals surface area (Å²) < 4.78 is 15.6. The topological polar surface area (TPSA) is 153 Å². The van der Waals surface area contributed by atoms with Crippen LogP contribution in [0.3, 0.4) is 0 Å². The molecule has 0 radical (unpaired) electrons. The van der Waals surface area contributed by atoms with E-state index in [1.54, 1.807) is 12.6 Å². The number of esters is 1. The molecule has 3 rings (SSSR count). The number of amides is 2. The van der Waals surface area contributed by atoms with Crippen molar-refractivity contribution >= 4 is 29.1 Å². The van der Waals surface area contributed by atoms with E-state index in [0.717, 1.165) is 21.7 Å². The number of aliphatic hydroxyl groups is 1. The molecule has 0 unspecified atom stereocenters. The van der Waals surface area contributed by atoms with Crippen LogP contribution < -0.4 is 11.1 Å². The summed E-state index contributed by atoms with van der Waals surface area (Å²) in [6.07, 6.45) is -0.680. The number of aryl methyl sites for hydroxylation is 1. The van der Waals surface area contributed by atoms with Crippen molar-refractivity contribution in [2.75, 3.05) is 33.5 Å². The zero-order chi connectivity index (χ0) is 29.4.